The van der Waals surface area contributed by atoms with E-state index >= 15 is 0 Å². The van der Waals surface area contributed by atoms with Crippen LogP contribution in [-0.2, 0) is 6.54 Å². The van der Waals surface area contributed by atoms with Crippen LogP contribution < -0.4 is 10.1 Å². The Labute approximate surface area is 195 Å². The number of hydrogen-bond donors (Lipinski definition) is 2. The molecule has 1 amide bonds. The summed E-state index contributed by atoms with van der Waals surface area (Å²) in [5, 5.41) is 13.5. The molecule has 0 spiro atoms. The number of nitrogens with zero attached hydrogens (tertiary/aromatic N) is 2. The van der Waals surface area contributed by atoms with Gasteiger partial charge in [0.15, 0.2) is 0 Å². The standard InChI is InChI=1S/C25H22ClN3O4/c1-33-17-7-4-6-16(12-17)21-15-29(22-13-23(26)28-14-20(21)22)11-5-10-27-24(30)18-8-2-3-9-19(18)25(31)32/h2-4,6-9,12-15H,5,10-11H2,1H3,(H,27,30)(H,31,32). The van der Waals surface area contributed by atoms with E-state index in [1.54, 1.807) is 25.4 Å². The highest BCUT2D eigenvalue weighted by molar-refractivity contribution is 6.30. The number of carboxylic acids is 1. The minimum absolute atomic E-state index is 0.0172. The third-order valence-electron chi connectivity index (χ3n) is 5.38. The number of halogens is 1. The van der Waals surface area contributed by atoms with E-state index in [1.807, 2.05) is 36.5 Å². The number of pyridine rings is 1. The number of fused-ring (bicyclic) bond motifs is 1. The maximum Gasteiger partial charge on any atom is 0.336 e. The van der Waals surface area contributed by atoms with E-state index in [1.165, 1.54) is 12.1 Å². The number of ether oxygens (including phenoxy) is 1. The monoisotopic (exact) mass is 463 g/mol. The summed E-state index contributed by atoms with van der Waals surface area (Å²) in [6.07, 6.45) is 4.44. The van der Waals surface area contributed by atoms with Gasteiger partial charge in [-0.1, -0.05) is 35.9 Å². The highest BCUT2D eigenvalue weighted by Gasteiger charge is 2.16. The molecule has 0 atom stereocenters. The molecule has 0 unspecified atom stereocenters. The molecule has 2 N–H and O–H groups in total. The lowest BCUT2D eigenvalue weighted by Gasteiger charge is -2.09. The van der Waals surface area contributed by atoms with E-state index in [-0.39, 0.29) is 11.1 Å². The minimum Gasteiger partial charge on any atom is -0.497 e. The van der Waals surface area contributed by atoms with Crippen LogP contribution in [0.15, 0.2) is 67.0 Å². The molecular weight excluding hydrogens is 442 g/mol. The molecule has 0 radical (unpaired) electrons. The Bertz CT molecular complexity index is 1330. The number of aryl methyl sites for hydroxylation is 1. The molecule has 0 saturated heterocycles. The number of nitrogens with one attached hydrogen (secondary N) is 1. The zero-order valence-electron chi connectivity index (χ0n) is 17.9. The average Bonchev–Trinajstić information content (AvgIpc) is 3.19. The maximum absolute atomic E-state index is 12.5. The molecule has 0 aliphatic carbocycles. The summed E-state index contributed by atoms with van der Waals surface area (Å²) < 4.78 is 7.43. The third kappa shape index (κ3) is 4.83. The lowest BCUT2D eigenvalue weighted by molar-refractivity contribution is 0.0691. The van der Waals surface area contributed by atoms with Crippen molar-refractivity contribution in [2.75, 3.05) is 13.7 Å². The molecule has 0 saturated carbocycles. The van der Waals surface area contributed by atoms with Crippen molar-refractivity contribution in [1.29, 1.82) is 0 Å². The normalized spacial score (nSPS) is 10.8. The summed E-state index contributed by atoms with van der Waals surface area (Å²) in [6, 6.07) is 15.8. The number of hydrogen-bond acceptors (Lipinski definition) is 4. The van der Waals surface area contributed by atoms with Crippen LogP contribution >= 0.6 is 11.6 Å². The van der Waals surface area contributed by atoms with Gasteiger partial charge in [0.25, 0.3) is 5.91 Å². The number of aromatic carboxylic acids is 1. The van der Waals surface area contributed by atoms with Crippen molar-refractivity contribution in [3.63, 3.8) is 0 Å². The summed E-state index contributed by atoms with van der Waals surface area (Å²) in [7, 11) is 1.63. The molecule has 0 bridgehead atoms. The first-order valence-corrected chi connectivity index (χ1v) is 10.7. The molecule has 4 aromatic rings. The van der Waals surface area contributed by atoms with Crippen LogP contribution in [0.3, 0.4) is 0 Å². The molecule has 168 valence electrons. The molecule has 2 heterocycles. The Balaban J connectivity index is 1.51. The Kier molecular flexibility index (Phi) is 6.60. The molecule has 0 aliphatic rings. The van der Waals surface area contributed by atoms with Gasteiger partial charge in [-0.25, -0.2) is 9.78 Å². The highest BCUT2D eigenvalue weighted by Crippen LogP contribution is 2.33. The van der Waals surface area contributed by atoms with Gasteiger partial charge in [-0.3, -0.25) is 4.79 Å². The number of carboxylic acid groups (broad SMARTS) is 1. The first-order valence-electron chi connectivity index (χ1n) is 10.4. The molecule has 33 heavy (non-hydrogen) atoms. The van der Waals surface area contributed by atoms with Gasteiger partial charge in [0.1, 0.15) is 10.9 Å². The summed E-state index contributed by atoms with van der Waals surface area (Å²) in [6.45, 7) is 1.02. The molecule has 4 rings (SSSR count). The van der Waals surface area contributed by atoms with E-state index in [0.29, 0.717) is 24.7 Å². The maximum atomic E-state index is 12.5. The van der Waals surface area contributed by atoms with Crippen LogP contribution in [0.25, 0.3) is 22.0 Å². The lowest BCUT2D eigenvalue weighted by atomic mass is 10.1. The van der Waals surface area contributed by atoms with Gasteiger partial charge in [-0.15, -0.1) is 0 Å². The molecular formula is C25H22ClN3O4. The zero-order valence-corrected chi connectivity index (χ0v) is 18.7. The van der Waals surface area contributed by atoms with E-state index < -0.39 is 11.9 Å². The molecule has 7 nitrogen and oxygen atoms in total. The molecule has 2 aromatic heterocycles. The second kappa shape index (κ2) is 9.75. The van der Waals surface area contributed by atoms with Crippen molar-refractivity contribution >= 4 is 34.4 Å². The Morgan fingerprint density at radius 3 is 2.67 bits per heavy atom. The second-order valence-electron chi connectivity index (χ2n) is 7.45. The number of benzene rings is 2. The van der Waals surface area contributed by atoms with Gasteiger partial charge < -0.3 is 19.7 Å². The van der Waals surface area contributed by atoms with Crippen LogP contribution in [0.5, 0.6) is 5.75 Å². The van der Waals surface area contributed by atoms with Crippen molar-refractivity contribution in [2.24, 2.45) is 0 Å². The molecule has 2 aromatic carbocycles. The number of carbonyl (C=O) groups is 2. The molecule has 0 aliphatic heterocycles. The average molecular weight is 464 g/mol. The predicted molar refractivity (Wildman–Crippen MR) is 127 cm³/mol. The van der Waals surface area contributed by atoms with E-state index in [4.69, 9.17) is 16.3 Å². The van der Waals surface area contributed by atoms with Crippen LogP contribution in [0.2, 0.25) is 5.15 Å². The number of aromatic nitrogens is 2. The Morgan fingerprint density at radius 1 is 1.12 bits per heavy atom. The third-order valence-corrected chi connectivity index (χ3v) is 5.58. The van der Waals surface area contributed by atoms with Gasteiger partial charge in [0, 0.05) is 36.4 Å². The highest BCUT2D eigenvalue weighted by atomic mass is 35.5. The van der Waals surface area contributed by atoms with Gasteiger partial charge in [-0.2, -0.15) is 0 Å². The van der Waals surface area contributed by atoms with Crippen molar-refractivity contribution in [3.05, 3.63) is 83.3 Å². The van der Waals surface area contributed by atoms with Crippen molar-refractivity contribution < 1.29 is 19.4 Å². The quantitative estimate of drug-likeness (QED) is 0.287. The summed E-state index contributed by atoms with van der Waals surface area (Å²) in [5.74, 6) is -0.774. The first kappa shape index (κ1) is 22.4. The largest absolute Gasteiger partial charge is 0.497 e. The predicted octanol–water partition coefficient (Wildman–Crippen LogP) is 4.88. The van der Waals surface area contributed by atoms with Gasteiger partial charge in [-0.05, 0) is 42.3 Å². The molecule has 8 heteroatoms. The van der Waals surface area contributed by atoms with Gasteiger partial charge >= 0.3 is 5.97 Å². The van der Waals surface area contributed by atoms with E-state index in [9.17, 15) is 14.7 Å². The Hall–Kier alpha value is -3.84. The summed E-state index contributed by atoms with van der Waals surface area (Å²) >= 11 is 6.16. The van der Waals surface area contributed by atoms with Gasteiger partial charge in [0.05, 0.1) is 23.8 Å². The number of methoxy groups -OCH3 is 1. The number of carbonyl (C=O) groups excluding carboxylic acids is 1. The van der Waals surface area contributed by atoms with Crippen LogP contribution in [-0.4, -0.2) is 40.2 Å². The van der Waals surface area contributed by atoms with Crippen LogP contribution in [0, 0.1) is 0 Å². The SMILES string of the molecule is COc1cccc(-c2cn(CCCNC(=O)c3ccccc3C(=O)O)c3cc(Cl)ncc23)c1. The number of amides is 1. The second-order valence-corrected chi connectivity index (χ2v) is 7.84. The number of rotatable bonds is 8. The minimum atomic E-state index is -1.13. The van der Waals surface area contributed by atoms with Gasteiger partial charge in [0.2, 0.25) is 0 Å². The van der Waals surface area contributed by atoms with Crippen molar-refractivity contribution in [1.82, 2.24) is 14.9 Å². The fourth-order valence-corrected chi connectivity index (χ4v) is 3.93. The fourth-order valence-electron chi connectivity index (χ4n) is 3.78. The molecule has 0 fully saturated rings. The lowest BCUT2D eigenvalue weighted by Crippen LogP contribution is -2.27. The van der Waals surface area contributed by atoms with Crippen molar-refractivity contribution in [2.45, 2.75) is 13.0 Å². The summed E-state index contributed by atoms with van der Waals surface area (Å²) in [4.78, 5) is 28.1. The fraction of sp³-hybridized carbons (Fsp3) is 0.160. The first-order chi connectivity index (χ1) is 16.0. The topological polar surface area (TPSA) is 93.5 Å². The van der Waals surface area contributed by atoms with Crippen LogP contribution in [0.1, 0.15) is 27.1 Å². The van der Waals surface area contributed by atoms with Crippen molar-refractivity contribution in [3.8, 4) is 16.9 Å². The van der Waals surface area contributed by atoms with Crippen LogP contribution in [0.4, 0.5) is 0 Å². The van der Waals surface area contributed by atoms with E-state index in [2.05, 4.69) is 14.9 Å². The smallest absolute Gasteiger partial charge is 0.336 e. The Morgan fingerprint density at radius 2 is 1.91 bits per heavy atom. The zero-order chi connectivity index (χ0) is 23.4. The summed E-state index contributed by atoms with van der Waals surface area (Å²) in [5.41, 5.74) is 3.08. The van der Waals surface area contributed by atoms with E-state index in [0.717, 1.165) is 27.8 Å².